The van der Waals surface area contributed by atoms with Crippen LogP contribution in [0.2, 0.25) is 0 Å². The Kier molecular flexibility index (Phi) is 5.55. The van der Waals surface area contributed by atoms with Gasteiger partial charge in [0.15, 0.2) is 0 Å². The first kappa shape index (κ1) is 16.8. The van der Waals surface area contributed by atoms with Gasteiger partial charge >= 0.3 is 0 Å². The highest BCUT2D eigenvalue weighted by Gasteiger charge is 2.09. The van der Waals surface area contributed by atoms with E-state index in [-0.39, 0.29) is 16.8 Å². The van der Waals surface area contributed by atoms with Crippen LogP contribution in [0.25, 0.3) is 6.08 Å². The molecule has 0 aliphatic heterocycles. The summed E-state index contributed by atoms with van der Waals surface area (Å²) < 4.78 is 0. The van der Waals surface area contributed by atoms with Crippen molar-refractivity contribution in [3.05, 3.63) is 65.2 Å². The highest BCUT2D eigenvalue weighted by Crippen LogP contribution is 2.18. The Morgan fingerprint density at radius 1 is 1.04 bits per heavy atom. The highest BCUT2D eigenvalue weighted by atomic mass is 35.5. The molecule has 0 unspecified atom stereocenters. The van der Waals surface area contributed by atoms with Gasteiger partial charge in [0, 0.05) is 25.3 Å². The van der Waals surface area contributed by atoms with Gasteiger partial charge in [-0.25, -0.2) is 0 Å². The van der Waals surface area contributed by atoms with Gasteiger partial charge in [-0.3, -0.25) is 9.59 Å². The van der Waals surface area contributed by atoms with Crippen molar-refractivity contribution < 1.29 is 9.59 Å². The van der Waals surface area contributed by atoms with Crippen LogP contribution in [-0.4, -0.2) is 18.9 Å². The Morgan fingerprint density at radius 2 is 1.65 bits per heavy atom. The van der Waals surface area contributed by atoms with E-state index in [1.54, 1.807) is 37.4 Å². The minimum atomic E-state index is -0.386. The van der Waals surface area contributed by atoms with E-state index in [1.165, 1.54) is 11.8 Å². The average Bonchev–Trinajstić information content (AvgIpc) is 2.55. The molecule has 0 saturated heterocycles. The Hall–Kier alpha value is -2.59. The summed E-state index contributed by atoms with van der Waals surface area (Å²) in [7, 11) is 1.69. The molecule has 0 aliphatic rings. The maximum atomic E-state index is 12.1. The molecule has 5 heteroatoms. The zero-order valence-corrected chi connectivity index (χ0v) is 13.7. The molecule has 4 nitrogen and oxygen atoms in total. The topological polar surface area (TPSA) is 49.4 Å². The normalized spacial score (nSPS) is 11.0. The maximum Gasteiger partial charge on any atom is 0.267 e. The molecule has 0 fully saturated rings. The number of carbonyl (C=O) groups excluding carboxylic acids is 2. The summed E-state index contributed by atoms with van der Waals surface area (Å²) in [6, 6.07) is 16.3. The molecule has 0 aliphatic carbocycles. The smallest absolute Gasteiger partial charge is 0.267 e. The number of amides is 2. The predicted octanol–water partition coefficient (Wildman–Crippen LogP) is 3.89. The Labute approximate surface area is 140 Å². The molecular formula is C18H17ClN2O2. The molecule has 0 spiro atoms. The fraction of sp³-hybridized carbons (Fsp3) is 0.111. The first-order chi connectivity index (χ1) is 11.0. The lowest BCUT2D eigenvalue weighted by molar-refractivity contribution is -0.116. The molecule has 0 bridgehead atoms. The second-order valence-corrected chi connectivity index (χ2v) is 5.39. The fourth-order valence-corrected chi connectivity index (χ4v) is 2.08. The van der Waals surface area contributed by atoms with E-state index in [1.807, 2.05) is 30.3 Å². The predicted molar refractivity (Wildman–Crippen MR) is 94.4 cm³/mol. The van der Waals surface area contributed by atoms with Crippen molar-refractivity contribution in [2.75, 3.05) is 17.3 Å². The molecule has 1 N–H and O–H groups in total. The van der Waals surface area contributed by atoms with E-state index in [2.05, 4.69) is 5.32 Å². The lowest BCUT2D eigenvalue weighted by atomic mass is 10.2. The van der Waals surface area contributed by atoms with Crippen molar-refractivity contribution in [3.63, 3.8) is 0 Å². The Morgan fingerprint density at radius 3 is 2.22 bits per heavy atom. The lowest BCUT2D eigenvalue weighted by Gasteiger charge is -2.15. The van der Waals surface area contributed by atoms with E-state index in [4.69, 9.17) is 11.6 Å². The second kappa shape index (κ2) is 7.61. The molecule has 23 heavy (non-hydrogen) atoms. The quantitative estimate of drug-likeness (QED) is 0.866. The first-order valence-corrected chi connectivity index (χ1v) is 7.43. The standard InChI is InChI=1S/C18H17ClN2O2/c1-13(22)21(2)16-10-8-15(9-11-16)20-18(23)17(19)12-14-6-4-3-5-7-14/h3-12H,1-2H3,(H,20,23)/b17-12-. The van der Waals surface area contributed by atoms with Crippen LogP contribution < -0.4 is 10.2 Å². The van der Waals surface area contributed by atoms with Gasteiger partial charge in [-0.2, -0.15) is 0 Å². The largest absolute Gasteiger partial charge is 0.321 e. The number of hydrogen-bond acceptors (Lipinski definition) is 2. The summed E-state index contributed by atoms with van der Waals surface area (Å²) in [6.07, 6.45) is 1.61. The van der Waals surface area contributed by atoms with Crippen LogP contribution in [0.15, 0.2) is 59.6 Å². The van der Waals surface area contributed by atoms with E-state index in [0.29, 0.717) is 5.69 Å². The first-order valence-electron chi connectivity index (χ1n) is 7.05. The van der Waals surface area contributed by atoms with Crippen LogP contribution in [0.4, 0.5) is 11.4 Å². The van der Waals surface area contributed by atoms with Gasteiger partial charge < -0.3 is 10.2 Å². The molecule has 2 aromatic rings. The van der Waals surface area contributed by atoms with Gasteiger partial charge in [0.1, 0.15) is 5.03 Å². The third-order valence-electron chi connectivity index (χ3n) is 3.29. The zero-order valence-electron chi connectivity index (χ0n) is 12.9. The Balaban J connectivity index is 2.05. The van der Waals surface area contributed by atoms with Crippen LogP contribution in [0.3, 0.4) is 0 Å². The second-order valence-electron chi connectivity index (χ2n) is 4.98. The van der Waals surface area contributed by atoms with Crippen molar-refractivity contribution in [2.24, 2.45) is 0 Å². The van der Waals surface area contributed by atoms with Crippen molar-refractivity contribution in [1.29, 1.82) is 0 Å². The summed E-state index contributed by atoms with van der Waals surface area (Å²) in [5.41, 5.74) is 2.21. The van der Waals surface area contributed by atoms with Crippen molar-refractivity contribution in [3.8, 4) is 0 Å². The summed E-state index contributed by atoms with van der Waals surface area (Å²) in [5, 5.41) is 2.81. The monoisotopic (exact) mass is 328 g/mol. The number of carbonyl (C=O) groups is 2. The van der Waals surface area contributed by atoms with Crippen molar-refractivity contribution in [2.45, 2.75) is 6.92 Å². The van der Waals surface area contributed by atoms with Gasteiger partial charge in [-0.15, -0.1) is 0 Å². The molecule has 118 valence electrons. The van der Waals surface area contributed by atoms with Gasteiger partial charge in [-0.05, 0) is 35.9 Å². The van der Waals surface area contributed by atoms with Crippen LogP contribution >= 0.6 is 11.6 Å². The number of hydrogen-bond donors (Lipinski definition) is 1. The van der Waals surface area contributed by atoms with E-state index in [0.717, 1.165) is 11.3 Å². The zero-order chi connectivity index (χ0) is 16.8. The highest BCUT2D eigenvalue weighted by molar-refractivity contribution is 6.45. The summed E-state index contributed by atoms with van der Waals surface area (Å²) in [6.45, 7) is 1.49. The van der Waals surface area contributed by atoms with E-state index in [9.17, 15) is 9.59 Å². The van der Waals surface area contributed by atoms with Gasteiger partial charge in [-0.1, -0.05) is 41.9 Å². The summed E-state index contributed by atoms with van der Waals surface area (Å²) >= 11 is 6.04. The number of anilines is 2. The number of nitrogens with one attached hydrogen (secondary N) is 1. The number of halogens is 1. The molecule has 0 radical (unpaired) electrons. The number of rotatable bonds is 4. The molecule has 0 saturated carbocycles. The van der Waals surface area contributed by atoms with Gasteiger partial charge in [0.2, 0.25) is 5.91 Å². The molecule has 2 rings (SSSR count). The van der Waals surface area contributed by atoms with Gasteiger partial charge in [0.25, 0.3) is 5.91 Å². The van der Waals surface area contributed by atoms with Crippen molar-refractivity contribution in [1.82, 2.24) is 0 Å². The van der Waals surface area contributed by atoms with E-state index < -0.39 is 0 Å². The number of nitrogens with zero attached hydrogens (tertiary/aromatic N) is 1. The minimum absolute atomic E-state index is 0.0596. The van der Waals surface area contributed by atoms with Crippen LogP contribution in [0, 0.1) is 0 Å². The van der Waals surface area contributed by atoms with Crippen LogP contribution in [0.5, 0.6) is 0 Å². The number of benzene rings is 2. The molecule has 2 amide bonds. The lowest BCUT2D eigenvalue weighted by Crippen LogP contribution is -2.22. The summed E-state index contributed by atoms with van der Waals surface area (Å²) in [5.74, 6) is -0.446. The SMILES string of the molecule is CC(=O)N(C)c1ccc(NC(=O)/C(Cl)=C/c2ccccc2)cc1. The van der Waals surface area contributed by atoms with Crippen molar-refractivity contribution >= 4 is 40.9 Å². The van der Waals surface area contributed by atoms with Gasteiger partial charge in [0.05, 0.1) is 0 Å². The maximum absolute atomic E-state index is 12.1. The average molecular weight is 329 g/mol. The van der Waals surface area contributed by atoms with Crippen LogP contribution in [0.1, 0.15) is 12.5 Å². The molecule has 2 aromatic carbocycles. The van der Waals surface area contributed by atoms with E-state index >= 15 is 0 Å². The molecule has 0 heterocycles. The fourth-order valence-electron chi connectivity index (χ4n) is 1.90. The Bertz CT molecular complexity index is 724. The summed E-state index contributed by atoms with van der Waals surface area (Å²) in [4.78, 5) is 24.9. The molecular weight excluding hydrogens is 312 g/mol. The molecule has 0 atom stereocenters. The van der Waals surface area contributed by atoms with Crippen LogP contribution in [-0.2, 0) is 9.59 Å². The molecule has 0 aromatic heterocycles. The third-order valence-corrected chi connectivity index (χ3v) is 3.58. The minimum Gasteiger partial charge on any atom is -0.321 e. The third kappa shape index (κ3) is 4.69.